The Morgan fingerprint density at radius 2 is 1.88 bits per heavy atom. The van der Waals surface area contributed by atoms with E-state index in [1.54, 1.807) is 0 Å². The van der Waals surface area contributed by atoms with Crippen molar-refractivity contribution >= 4 is 0 Å². The molecule has 0 saturated carbocycles. The van der Waals surface area contributed by atoms with E-state index < -0.39 is 6.10 Å². The molecule has 1 atom stereocenters. The van der Waals surface area contributed by atoms with Crippen molar-refractivity contribution in [3.05, 3.63) is 35.9 Å². The van der Waals surface area contributed by atoms with Gasteiger partial charge in [0.25, 0.3) is 0 Å². The van der Waals surface area contributed by atoms with Crippen LogP contribution >= 0.6 is 0 Å². The normalized spacial score (nSPS) is 12.6. The van der Waals surface area contributed by atoms with Crippen LogP contribution in [0, 0.1) is 0 Å². The van der Waals surface area contributed by atoms with Crippen LogP contribution in [0.15, 0.2) is 30.3 Å². The third-order valence-electron chi connectivity index (χ3n) is 2.61. The highest BCUT2D eigenvalue weighted by Crippen LogP contribution is 2.15. The highest BCUT2D eigenvalue weighted by molar-refractivity contribution is 5.16. The highest BCUT2D eigenvalue weighted by Gasteiger charge is 2.05. The molecule has 0 saturated heterocycles. The largest absolute Gasteiger partial charge is 0.388 e. The summed E-state index contributed by atoms with van der Waals surface area (Å²) in [7, 11) is 0. The highest BCUT2D eigenvalue weighted by atomic mass is 16.5. The molecular weight excluding hydrogens is 200 g/mol. The summed E-state index contributed by atoms with van der Waals surface area (Å²) in [5.41, 5.74) is 0.972. The fourth-order valence-electron chi connectivity index (χ4n) is 1.59. The summed E-state index contributed by atoms with van der Waals surface area (Å²) < 4.78 is 5.47. The van der Waals surface area contributed by atoms with E-state index in [9.17, 15) is 5.11 Å². The van der Waals surface area contributed by atoms with Gasteiger partial charge in [-0.3, -0.25) is 0 Å². The number of unbranched alkanes of at least 4 members (excludes halogenated alkanes) is 2. The van der Waals surface area contributed by atoms with Crippen LogP contribution in [0.2, 0.25) is 0 Å². The number of hydrogen-bond donors (Lipinski definition) is 1. The van der Waals surface area contributed by atoms with Gasteiger partial charge >= 0.3 is 0 Å². The molecule has 0 amide bonds. The molecule has 0 spiro atoms. The molecule has 2 heteroatoms. The molecule has 0 aromatic heterocycles. The lowest BCUT2D eigenvalue weighted by Gasteiger charge is -2.10. The van der Waals surface area contributed by atoms with E-state index in [4.69, 9.17) is 4.74 Å². The zero-order chi connectivity index (χ0) is 11.6. The van der Waals surface area contributed by atoms with Gasteiger partial charge in [0.15, 0.2) is 0 Å². The third kappa shape index (κ3) is 5.29. The minimum absolute atomic E-state index is 0.396. The summed E-state index contributed by atoms with van der Waals surface area (Å²) in [5.74, 6) is 0. The van der Waals surface area contributed by atoms with Gasteiger partial charge in [0, 0.05) is 19.6 Å². The average molecular weight is 222 g/mol. The first-order chi connectivity index (χ1) is 7.84. The van der Waals surface area contributed by atoms with Gasteiger partial charge in [-0.15, -0.1) is 0 Å². The van der Waals surface area contributed by atoms with Crippen LogP contribution in [-0.4, -0.2) is 18.3 Å². The first-order valence-corrected chi connectivity index (χ1v) is 6.15. The SMILES string of the molecule is CCCCCOCCC(O)c1ccccc1. The van der Waals surface area contributed by atoms with E-state index in [-0.39, 0.29) is 0 Å². The Labute approximate surface area is 98.3 Å². The smallest absolute Gasteiger partial charge is 0.0812 e. The standard InChI is InChI=1S/C14H22O2/c1-2-3-7-11-16-12-10-14(15)13-8-5-4-6-9-13/h4-6,8-9,14-15H,2-3,7,10-12H2,1H3. The van der Waals surface area contributed by atoms with E-state index in [0.29, 0.717) is 13.0 Å². The summed E-state index contributed by atoms with van der Waals surface area (Å²) in [6, 6.07) is 9.74. The lowest BCUT2D eigenvalue weighted by Crippen LogP contribution is -2.04. The zero-order valence-corrected chi connectivity index (χ0v) is 10.1. The van der Waals surface area contributed by atoms with Crippen LogP contribution in [0.3, 0.4) is 0 Å². The Balaban J connectivity index is 2.09. The molecule has 0 aliphatic carbocycles. The summed E-state index contributed by atoms with van der Waals surface area (Å²) in [6.07, 6.45) is 3.85. The first kappa shape index (κ1) is 13.2. The van der Waals surface area contributed by atoms with Crippen molar-refractivity contribution < 1.29 is 9.84 Å². The minimum Gasteiger partial charge on any atom is -0.388 e. The molecular formula is C14H22O2. The van der Waals surface area contributed by atoms with E-state index in [0.717, 1.165) is 18.6 Å². The maximum absolute atomic E-state index is 9.84. The van der Waals surface area contributed by atoms with Crippen LogP contribution in [0.1, 0.15) is 44.3 Å². The fraction of sp³-hybridized carbons (Fsp3) is 0.571. The molecule has 1 unspecified atom stereocenters. The third-order valence-corrected chi connectivity index (χ3v) is 2.61. The van der Waals surface area contributed by atoms with Gasteiger partial charge in [0.05, 0.1) is 6.10 Å². The summed E-state index contributed by atoms with van der Waals surface area (Å²) in [6.45, 7) is 3.63. The monoisotopic (exact) mass is 222 g/mol. The first-order valence-electron chi connectivity index (χ1n) is 6.15. The second kappa shape index (κ2) is 8.31. The second-order valence-electron chi connectivity index (χ2n) is 4.03. The number of aliphatic hydroxyl groups is 1. The molecule has 0 aliphatic rings. The minimum atomic E-state index is -0.396. The maximum Gasteiger partial charge on any atom is 0.0812 e. The predicted molar refractivity (Wildman–Crippen MR) is 66.4 cm³/mol. The van der Waals surface area contributed by atoms with Gasteiger partial charge in [-0.25, -0.2) is 0 Å². The maximum atomic E-state index is 9.84. The lowest BCUT2D eigenvalue weighted by atomic mass is 10.1. The van der Waals surface area contributed by atoms with E-state index in [2.05, 4.69) is 6.92 Å². The number of rotatable bonds is 8. The topological polar surface area (TPSA) is 29.5 Å². The van der Waals surface area contributed by atoms with Gasteiger partial charge in [-0.2, -0.15) is 0 Å². The van der Waals surface area contributed by atoms with Crippen LogP contribution in [0.25, 0.3) is 0 Å². The van der Waals surface area contributed by atoms with Crippen LogP contribution in [0.4, 0.5) is 0 Å². The van der Waals surface area contributed by atoms with Gasteiger partial charge in [0.1, 0.15) is 0 Å². The molecule has 90 valence electrons. The van der Waals surface area contributed by atoms with Crippen molar-refractivity contribution in [2.75, 3.05) is 13.2 Å². The average Bonchev–Trinajstić information content (AvgIpc) is 2.34. The number of ether oxygens (including phenoxy) is 1. The molecule has 16 heavy (non-hydrogen) atoms. The molecule has 1 aromatic carbocycles. The Hall–Kier alpha value is -0.860. The Morgan fingerprint density at radius 3 is 2.56 bits per heavy atom. The Kier molecular flexibility index (Phi) is 6.86. The summed E-state index contributed by atoms with van der Waals surface area (Å²) in [5, 5.41) is 9.84. The van der Waals surface area contributed by atoms with Crippen molar-refractivity contribution in [2.45, 2.75) is 38.7 Å². The number of hydrogen-bond acceptors (Lipinski definition) is 2. The molecule has 0 fully saturated rings. The van der Waals surface area contributed by atoms with Crippen molar-refractivity contribution in [3.8, 4) is 0 Å². The van der Waals surface area contributed by atoms with E-state index in [1.807, 2.05) is 30.3 Å². The van der Waals surface area contributed by atoms with Gasteiger partial charge in [-0.1, -0.05) is 50.1 Å². The fourth-order valence-corrected chi connectivity index (χ4v) is 1.59. The summed E-state index contributed by atoms with van der Waals surface area (Å²) >= 11 is 0. The zero-order valence-electron chi connectivity index (χ0n) is 10.1. The van der Waals surface area contributed by atoms with E-state index >= 15 is 0 Å². The number of benzene rings is 1. The van der Waals surface area contributed by atoms with E-state index in [1.165, 1.54) is 12.8 Å². The molecule has 1 N–H and O–H groups in total. The molecule has 0 radical (unpaired) electrons. The molecule has 1 rings (SSSR count). The molecule has 2 nitrogen and oxygen atoms in total. The molecule has 1 aromatic rings. The van der Waals surface area contributed by atoms with Crippen molar-refractivity contribution in [1.82, 2.24) is 0 Å². The number of aliphatic hydroxyl groups excluding tert-OH is 1. The van der Waals surface area contributed by atoms with Crippen molar-refractivity contribution in [1.29, 1.82) is 0 Å². The molecule has 0 aliphatic heterocycles. The lowest BCUT2D eigenvalue weighted by molar-refractivity contribution is 0.0800. The predicted octanol–water partition coefficient (Wildman–Crippen LogP) is 3.32. The van der Waals surface area contributed by atoms with Crippen LogP contribution in [0.5, 0.6) is 0 Å². The Bertz CT molecular complexity index is 259. The second-order valence-corrected chi connectivity index (χ2v) is 4.03. The Morgan fingerprint density at radius 1 is 1.12 bits per heavy atom. The van der Waals surface area contributed by atoms with Gasteiger partial charge < -0.3 is 9.84 Å². The van der Waals surface area contributed by atoms with Crippen LogP contribution < -0.4 is 0 Å². The quantitative estimate of drug-likeness (QED) is 0.684. The van der Waals surface area contributed by atoms with Gasteiger partial charge in [-0.05, 0) is 12.0 Å². The van der Waals surface area contributed by atoms with Crippen molar-refractivity contribution in [2.24, 2.45) is 0 Å². The summed E-state index contributed by atoms with van der Waals surface area (Å²) in [4.78, 5) is 0. The van der Waals surface area contributed by atoms with Crippen LogP contribution in [-0.2, 0) is 4.74 Å². The van der Waals surface area contributed by atoms with Gasteiger partial charge in [0.2, 0.25) is 0 Å². The molecule has 0 heterocycles. The van der Waals surface area contributed by atoms with Crippen molar-refractivity contribution in [3.63, 3.8) is 0 Å². The molecule has 0 bridgehead atoms.